The van der Waals surface area contributed by atoms with E-state index in [1.54, 1.807) is 31.2 Å². The highest BCUT2D eigenvalue weighted by molar-refractivity contribution is 5.86. The molecular weight excluding hydrogens is 362 g/mol. The van der Waals surface area contributed by atoms with Crippen LogP contribution in [0.2, 0.25) is 0 Å². The molecule has 3 rings (SSSR count). The quantitative estimate of drug-likeness (QED) is 0.683. The standard InChI is InChI=1S/C23H24F2O3/c1-14(15(2)23(26)27)11-21-18(12-16-3-7-19(24)8-4-16)13-28-22(21)17-5-9-20(25)10-6-17/h3-10,18,21-22H,11-13H2,1-2H3,(H,26,27)/t18-,21+,22+/m0/s1. The van der Waals surface area contributed by atoms with Crippen LogP contribution in [0.4, 0.5) is 8.78 Å². The summed E-state index contributed by atoms with van der Waals surface area (Å²) in [6, 6.07) is 12.7. The third-order valence-electron chi connectivity index (χ3n) is 5.60. The molecule has 2 aromatic carbocycles. The number of ether oxygens (including phenoxy) is 1. The van der Waals surface area contributed by atoms with E-state index in [1.165, 1.54) is 24.3 Å². The Hall–Kier alpha value is -2.53. The van der Waals surface area contributed by atoms with E-state index >= 15 is 0 Å². The molecule has 0 aliphatic carbocycles. The summed E-state index contributed by atoms with van der Waals surface area (Å²) in [5.41, 5.74) is 3.04. The van der Waals surface area contributed by atoms with Gasteiger partial charge in [0.05, 0.1) is 12.7 Å². The summed E-state index contributed by atoms with van der Waals surface area (Å²) in [7, 11) is 0. The van der Waals surface area contributed by atoms with Crippen molar-refractivity contribution in [1.29, 1.82) is 0 Å². The van der Waals surface area contributed by atoms with Gasteiger partial charge < -0.3 is 9.84 Å². The predicted molar refractivity (Wildman–Crippen MR) is 103 cm³/mol. The highest BCUT2D eigenvalue weighted by atomic mass is 19.1. The maximum atomic E-state index is 13.3. The zero-order valence-electron chi connectivity index (χ0n) is 16.0. The van der Waals surface area contributed by atoms with Gasteiger partial charge in [-0.2, -0.15) is 0 Å². The van der Waals surface area contributed by atoms with Crippen LogP contribution in [0, 0.1) is 23.5 Å². The number of hydrogen-bond donors (Lipinski definition) is 1. The lowest BCUT2D eigenvalue weighted by Gasteiger charge is -2.24. The van der Waals surface area contributed by atoms with Gasteiger partial charge in [-0.3, -0.25) is 0 Å². The van der Waals surface area contributed by atoms with Crippen LogP contribution in [0.25, 0.3) is 0 Å². The summed E-state index contributed by atoms with van der Waals surface area (Å²) >= 11 is 0. The Morgan fingerprint density at radius 3 is 2.18 bits per heavy atom. The van der Waals surface area contributed by atoms with Crippen LogP contribution in [0.15, 0.2) is 59.7 Å². The lowest BCUT2D eigenvalue weighted by Crippen LogP contribution is -2.19. The molecule has 1 N–H and O–H groups in total. The molecule has 1 aliphatic rings. The first kappa shape index (κ1) is 20.2. The van der Waals surface area contributed by atoms with Crippen LogP contribution in [0.5, 0.6) is 0 Å². The van der Waals surface area contributed by atoms with E-state index in [4.69, 9.17) is 4.74 Å². The largest absolute Gasteiger partial charge is 0.478 e. The average Bonchev–Trinajstić information content (AvgIpc) is 3.05. The van der Waals surface area contributed by atoms with E-state index in [0.29, 0.717) is 25.0 Å². The van der Waals surface area contributed by atoms with Gasteiger partial charge in [-0.05, 0) is 73.9 Å². The van der Waals surface area contributed by atoms with E-state index in [2.05, 4.69) is 0 Å². The summed E-state index contributed by atoms with van der Waals surface area (Å²) in [5.74, 6) is -1.31. The molecule has 0 radical (unpaired) electrons. The van der Waals surface area contributed by atoms with E-state index in [1.807, 2.05) is 6.92 Å². The molecular formula is C23H24F2O3. The average molecular weight is 386 g/mol. The number of carboxylic acids is 1. The second-order valence-corrected chi connectivity index (χ2v) is 7.47. The van der Waals surface area contributed by atoms with E-state index in [-0.39, 0.29) is 29.6 Å². The predicted octanol–water partition coefficient (Wildman–Crippen LogP) is 5.32. The summed E-state index contributed by atoms with van der Waals surface area (Å²) in [6.45, 7) is 3.96. The minimum absolute atomic E-state index is 0.0461. The number of halogens is 2. The zero-order valence-corrected chi connectivity index (χ0v) is 16.0. The van der Waals surface area contributed by atoms with Crippen molar-refractivity contribution in [1.82, 2.24) is 0 Å². The van der Waals surface area contributed by atoms with E-state index in [9.17, 15) is 18.7 Å². The van der Waals surface area contributed by atoms with Crippen molar-refractivity contribution < 1.29 is 23.4 Å². The van der Waals surface area contributed by atoms with Crippen LogP contribution in [0.3, 0.4) is 0 Å². The van der Waals surface area contributed by atoms with Crippen molar-refractivity contribution in [2.75, 3.05) is 6.61 Å². The van der Waals surface area contributed by atoms with Crippen LogP contribution in [-0.4, -0.2) is 17.7 Å². The maximum absolute atomic E-state index is 13.3. The second-order valence-electron chi connectivity index (χ2n) is 7.47. The van der Waals surface area contributed by atoms with Gasteiger partial charge >= 0.3 is 5.97 Å². The van der Waals surface area contributed by atoms with Crippen LogP contribution in [-0.2, 0) is 16.0 Å². The van der Waals surface area contributed by atoms with Crippen molar-refractivity contribution in [3.63, 3.8) is 0 Å². The van der Waals surface area contributed by atoms with Crippen LogP contribution < -0.4 is 0 Å². The molecule has 28 heavy (non-hydrogen) atoms. The fourth-order valence-corrected chi connectivity index (χ4v) is 3.81. The van der Waals surface area contributed by atoms with Gasteiger partial charge in [0.25, 0.3) is 0 Å². The van der Waals surface area contributed by atoms with Gasteiger partial charge in [-0.1, -0.05) is 29.8 Å². The highest BCUT2D eigenvalue weighted by Gasteiger charge is 2.38. The van der Waals surface area contributed by atoms with Crippen molar-refractivity contribution in [3.05, 3.63) is 82.4 Å². The Morgan fingerprint density at radius 2 is 1.61 bits per heavy atom. The molecule has 2 aromatic rings. The van der Waals surface area contributed by atoms with Crippen molar-refractivity contribution in [3.8, 4) is 0 Å². The topological polar surface area (TPSA) is 46.5 Å². The third kappa shape index (κ3) is 4.65. The van der Waals surface area contributed by atoms with E-state index < -0.39 is 5.97 Å². The van der Waals surface area contributed by atoms with Gasteiger partial charge in [0.2, 0.25) is 0 Å². The lowest BCUT2D eigenvalue weighted by molar-refractivity contribution is -0.132. The number of benzene rings is 2. The summed E-state index contributed by atoms with van der Waals surface area (Å²) in [5, 5.41) is 9.30. The molecule has 0 amide bonds. The molecule has 148 valence electrons. The second kappa shape index (κ2) is 8.65. The Balaban J connectivity index is 1.87. The Labute approximate surface area is 163 Å². The van der Waals surface area contributed by atoms with Gasteiger partial charge in [0.15, 0.2) is 0 Å². The molecule has 1 aliphatic heterocycles. The Bertz CT molecular complexity index is 856. The van der Waals surface area contributed by atoms with Gasteiger partial charge in [-0.15, -0.1) is 0 Å². The van der Waals surface area contributed by atoms with Crippen LogP contribution in [0.1, 0.15) is 37.5 Å². The zero-order chi connectivity index (χ0) is 20.3. The molecule has 0 spiro atoms. The van der Waals surface area contributed by atoms with E-state index in [0.717, 1.165) is 16.7 Å². The number of carboxylic acid groups (broad SMARTS) is 1. The number of hydrogen-bond acceptors (Lipinski definition) is 2. The third-order valence-corrected chi connectivity index (χ3v) is 5.60. The molecule has 0 aromatic heterocycles. The normalized spacial score (nSPS) is 22.8. The van der Waals surface area contributed by atoms with Crippen molar-refractivity contribution in [2.45, 2.75) is 32.8 Å². The molecule has 1 fully saturated rings. The summed E-state index contributed by atoms with van der Waals surface area (Å²) in [4.78, 5) is 11.3. The first-order valence-electron chi connectivity index (χ1n) is 9.36. The summed E-state index contributed by atoms with van der Waals surface area (Å²) in [6.07, 6.45) is 1.05. The number of rotatable bonds is 6. The fraction of sp³-hybridized carbons (Fsp3) is 0.348. The molecule has 3 atom stereocenters. The SMILES string of the molecule is CC(C[C@@H]1[C@@H](Cc2ccc(F)cc2)CO[C@@H]1c1ccc(F)cc1)=C(C)C(=O)O. The molecule has 0 bridgehead atoms. The minimum atomic E-state index is -0.926. The molecule has 1 saturated heterocycles. The minimum Gasteiger partial charge on any atom is -0.478 e. The highest BCUT2D eigenvalue weighted by Crippen LogP contribution is 2.43. The van der Waals surface area contributed by atoms with Crippen molar-refractivity contribution in [2.24, 2.45) is 11.8 Å². The molecule has 0 unspecified atom stereocenters. The number of aliphatic carboxylic acids is 1. The maximum Gasteiger partial charge on any atom is 0.331 e. The Kier molecular flexibility index (Phi) is 6.25. The van der Waals surface area contributed by atoms with Crippen LogP contribution >= 0.6 is 0 Å². The first-order chi connectivity index (χ1) is 13.3. The molecule has 0 saturated carbocycles. The van der Waals surface area contributed by atoms with Gasteiger partial charge in [0.1, 0.15) is 11.6 Å². The Morgan fingerprint density at radius 1 is 1.04 bits per heavy atom. The fourth-order valence-electron chi connectivity index (χ4n) is 3.81. The number of allylic oxidation sites excluding steroid dienone is 1. The summed E-state index contributed by atoms with van der Waals surface area (Å²) < 4.78 is 32.6. The van der Waals surface area contributed by atoms with Gasteiger partial charge in [0, 0.05) is 5.57 Å². The first-order valence-corrected chi connectivity index (χ1v) is 9.36. The van der Waals surface area contributed by atoms with Crippen molar-refractivity contribution >= 4 is 5.97 Å². The molecule has 1 heterocycles. The molecule has 3 nitrogen and oxygen atoms in total. The smallest absolute Gasteiger partial charge is 0.331 e. The monoisotopic (exact) mass is 386 g/mol. The number of carbonyl (C=O) groups is 1. The lowest BCUT2D eigenvalue weighted by atomic mass is 9.79. The van der Waals surface area contributed by atoms with Gasteiger partial charge in [-0.25, -0.2) is 13.6 Å². The molecule has 5 heteroatoms.